The highest BCUT2D eigenvalue weighted by atomic mass is 32.2. The standard InChI is InChI=1S/C30H52N2S/c1-11-12-19-29(31-25(6)7)28(10)32-30(24(4)5)22-33-21-20-27(9)18-14-17-26(8)16-13-15-23(2)3/h15,17,20,29-32H,4,6,10-14,16,18-19,21-22H2,1-3,5,7-9H3/b26-17+,27-20+. The molecular weight excluding hydrogens is 420 g/mol. The molecule has 188 valence electrons. The first kappa shape index (κ1) is 31.4. The molecule has 0 rings (SSSR count). The molecule has 0 bridgehead atoms. The Morgan fingerprint density at radius 1 is 0.818 bits per heavy atom. The Morgan fingerprint density at radius 3 is 1.97 bits per heavy atom. The van der Waals surface area contributed by atoms with Gasteiger partial charge >= 0.3 is 0 Å². The van der Waals surface area contributed by atoms with Crippen LogP contribution in [-0.4, -0.2) is 23.6 Å². The fraction of sp³-hybridized carbons (Fsp3) is 0.600. The Kier molecular flexibility index (Phi) is 17.9. The van der Waals surface area contributed by atoms with E-state index in [1.165, 1.54) is 36.0 Å². The van der Waals surface area contributed by atoms with Crippen molar-refractivity contribution in [3.8, 4) is 0 Å². The summed E-state index contributed by atoms with van der Waals surface area (Å²) >= 11 is 1.96. The van der Waals surface area contributed by atoms with Gasteiger partial charge in [0, 0.05) is 22.9 Å². The average Bonchev–Trinajstić information content (AvgIpc) is 2.72. The monoisotopic (exact) mass is 472 g/mol. The highest BCUT2D eigenvalue weighted by Crippen LogP contribution is 2.16. The van der Waals surface area contributed by atoms with Crippen LogP contribution in [0.2, 0.25) is 0 Å². The molecule has 33 heavy (non-hydrogen) atoms. The summed E-state index contributed by atoms with van der Waals surface area (Å²) in [5.74, 6) is 2.03. The van der Waals surface area contributed by atoms with Crippen LogP contribution in [0.4, 0.5) is 0 Å². The molecule has 2 unspecified atom stereocenters. The molecule has 0 amide bonds. The van der Waals surface area contributed by atoms with Crippen molar-refractivity contribution in [3.05, 3.63) is 71.7 Å². The summed E-state index contributed by atoms with van der Waals surface area (Å²) in [6.45, 7) is 27.7. The van der Waals surface area contributed by atoms with Crippen molar-refractivity contribution >= 4 is 11.8 Å². The molecule has 0 aromatic heterocycles. The zero-order chi connectivity index (χ0) is 25.2. The van der Waals surface area contributed by atoms with E-state index in [0.29, 0.717) is 0 Å². The quantitative estimate of drug-likeness (QED) is 0.145. The molecule has 0 saturated carbocycles. The molecule has 2 atom stereocenters. The zero-order valence-electron chi connectivity index (χ0n) is 22.8. The van der Waals surface area contributed by atoms with Crippen LogP contribution in [0.3, 0.4) is 0 Å². The Bertz CT molecular complexity index is 692. The minimum absolute atomic E-state index is 0.218. The first-order valence-electron chi connectivity index (χ1n) is 12.6. The van der Waals surface area contributed by atoms with Crippen molar-refractivity contribution < 1.29 is 0 Å². The average molecular weight is 473 g/mol. The predicted molar refractivity (Wildman–Crippen MR) is 155 cm³/mol. The van der Waals surface area contributed by atoms with Gasteiger partial charge in [-0.1, -0.05) is 80.0 Å². The van der Waals surface area contributed by atoms with E-state index in [1.54, 1.807) is 0 Å². The summed E-state index contributed by atoms with van der Waals surface area (Å²) in [6.07, 6.45) is 15.1. The summed E-state index contributed by atoms with van der Waals surface area (Å²) in [6, 6.07) is 0.452. The second-order valence-corrected chi connectivity index (χ2v) is 10.8. The Balaban J connectivity index is 4.51. The lowest BCUT2D eigenvalue weighted by Gasteiger charge is -2.28. The molecule has 0 spiro atoms. The van der Waals surface area contributed by atoms with Crippen molar-refractivity contribution in [3.63, 3.8) is 0 Å². The maximum atomic E-state index is 4.33. The first-order valence-corrected chi connectivity index (χ1v) is 13.8. The molecule has 0 fully saturated rings. The van der Waals surface area contributed by atoms with E-state index in [0.717, 1.165) is 54.2 Å². The van der Waals surface area contributed by atoms with Crippen molar-refractivity contribution in [1.29, 1.82) is 0 Å². The largest absolute Gasteiger partial charge is 0.381 e. The topological polar surface area (TPSA) is 24.1 Å². The molecule has 0 radical (unpaired) electrons. The van der Waals surface area contributed by atoms with Gasteiger partial charge in [-0.3, -0.25) is 0 Å². The van der Waals surface area contributed by atoms with E-state index in [2.05, 4.69) is 90.1 Å². The third-order valence-corrected chi connectivity index (χ3v) is 6.57. The second kappa shape index (κ2) is 18.8. The zero-order valence-corrected chi connectivity index (χ0v) is 23.6. The third kappa shape index (κ3) is 17.5. The van der Waals surface area contributed by atoms with E-state index in [1.807, 2.05) is 18.7 Å². The predicted octanol–water partition coefficient (Wildman–Crippen LogP) is 8.87. The Morgan fingerprint density at radius 2 is 1.42 bits per heavy atom. The number of nitrogens with one attached hydrogen (secondary N) is 2. The normalized spacial score (nSPS) is 13.8. The van der Waals surface area contributed by atoms with Gasteiger partial charge in [-0.05, 0) is 73.6 Å². The van der Waals surface area contributed by atoms with Crippen molar-refractivity contribution in [2.75, 3.05) is 11.5 Å². The van der Waals surface area contributed by atoms with E-state index >= 15 is 0 Å². The number of hydrogen-bond acceptors (Lipinski definition) is 3. The smallest absolute Gasteiger partial charge is 0.0650 e. The lowest BCUT2D eigenvalue weighted by molar-refractivity contribution is 0.517. The SMILES string of the molecule is C=C(C)NC(CCCC)C(=C)NC(CSC/C=C(\C)CC/C=C(\C)CCC=C(C)C)C(=C)C. The Hall–Kier alpha value is -1.61. The summed E-state index contributed by atoms with van der Waals surface area (Å²) in [5.41, 5.74) is 7.57. The van der Waals surface area contributed by atoms with Crippen LogP contribution in [-0.2, 0) is 0 Å². The second-order valence-electron chi connectivity index (χ2n) is 9.69. The number of unbranched alkanes of at least 4 members (excludes halogenated alkanes) is 1. The highest BCUT2D eigenvalue weighted by molar-refractivity contribution is 7.99. The van der Waals surface area contributed by atoms with Gasteiger partial charge in [0.05, 0.1) is 12.1 Å². The van der Waals surface area contributed by atoms with Crippen molar-refractivity contribution in [2.45, 2.75) is 105 Å². The van der Waals surface area contributed by atoms with Gasteiger partial charge < -0.3 is 10.6 Å². The van der Waals surface area contributed by atoms with Crippen LogP contribution in [0.5, 0.6) is 0 Å². The number of allylic oxidation sites excluding steroid dienone is 6. The van der Waals surface area contributed by atoms with Gasteiger partial charge in [-0.2, -0.15) is 11.8 Å². The van der Waals surface area contributed by atoms with Gasteiger partial charge in [0.1, 0.15) is 0 Å². The number of thioether (sulfide) groups is 1. The molecule has 0 heterocycles. The molecular formula is C30H52N2S. The maximum absolute atomic E-state index is 4.33. The van der Waals surface area contributed by atoms with Gasteiger partial charge in [0.25, 0.3) is 0 Å². The van der Waals surface area contributed by atoms with Gasteiger partial charge in [0.15, 0.2) is 0 Å². The van der Waals surface area contributed by atoms with Crippen LogP contribution in [0.25, 0.3) is 0 Å². The van der Waals surface area contributed by atoms with Crippen molar-refractivity contribution in [2.24, 2.45) is 0 Å². The first-order chi connectivity index (χ1) is 15.6. The van der Waals surface area contributed by atoms with Crippen LogP contribution in [0.1, 0.15) is 93.4 Å². The lowest BCUT2D eigenvalue weighted by Crippen LogP contribution is -2.40. The molecule has 2 nitrogen and oxygen atoms in total. The van der Waals surface area contributed by atoms with E-state index in [-0.39, 0.29) is 12.1 Å². The maximum Gasteiger partial charge on any atom is 0.0650 e. The number of rotatable bonds is 19. The molecule has 0 aliphatic carbocycles. The molecule has 0 aliphatic heterocycles. The van der Waals surface area contributed by atoms with E-state index < -0.39 is 0 Å². The van der Waals surface area contributed by atoms with Crippen LogP contribution in [0.15, 0.2) is 71.7 Å². The molecule has 0 aromatic carbocycles. The summed E-state index contributed by atoms with van der Waals surface area (Å²) in [7, 11) is 0. The van der Waals surface area contributed by atoms with Crippen LogP contribution < -0.4 is 10.6 Å². The Labute approximate surface area is 210 Å². The summed E-state index contributed by atoms with van der Waals surface area (Å²) in [4.78, 5) is 0. The van der Waals surface area contributed by atoms with Crippen LogP contribution in [0, 0.1) is 0 Å². The van der Waals surface area contributed by atoms with Crippen molar-refractivity contribution in [1.82, 2.24) is 10.6 Å². The molecule has 0 aliphatic rings. The van der Waals surface area contributed by atoms with Crippen LogP contribution >= 0.6 is 11.8 Å². The van der Waals surface area contributed by atoms with Gasteiger partial charge in [-0.25, -0.2) is 0 Å². The minimum atomic E-state index is 0.218. The van der Waals surface area contributed by atoms with E-state index in [4.69, 9.17) is 0 Å². The minimum Gasteiger partial charge on any atom is -0.381 e. The lowest BCUT2D eigenvalue weighted by atomic mass is 10.1. The third-order valence-electron chi connectivity index (χ3n) is 5.60. The fourth-order valence-corrected chi connectivity index (χ4v) is 4.54. The molecule has 0 saturated heterocycles. The molecule has 3 heteroatoms. The highest BCUT2D eigenvalue weighted by Gasteiger charge is 2.16. The van der Waals surface area contributed by atoms with Gasteiger partial charge in [-0.15, -0.1) is 0 Å². The fourth-order valence-electron chi connectivity index (χ4n) is 3.40. The van der Waals surface area contributed by atoms with Gasteiger partial charge in [0.2, 0.25) is 0 Å². The number of hydrogen-bond donors (Lipinski definition) is 2. The molecule has 0 aromatic rings. The summed E-state index contributed by atoms with van der Waals surface area (Å²) in [5, 5.41) is 7.11. The molecule has 2 N–H and O–H groups in total. The van der Waals surface area contributed by atoms with E-state index in [9.17, 15) is 0 Å². The summed E-state index contributed by atoms with van der Waals surface area (Å²) < 4.78 is 0.